The molecule has 0 bridgehead atoms. The van der Waals surface area contributed by atoms with Crippen molar-refractivity contribution in [3.8, 4) is 11.5 Å². The Labute approximate surface area is 187 Å². The number of amides is 4. The van der Waals surface area contributed by atoms with Gasteiger partial charge in [0.1, 0.15) is 23.1 Å². The molecule has 0 spiro atoms. The number of hydrogen-bond acceptors (Lipinski definition) is 5. The standard InChI is InChI=1S/C24H29N3O5/c1-6-24(17-8-13-20(31-5)15(3)14-17)22(29)27(23(30)26-24)16(4)21(28)25-18-9-11-19(12-10-18)32-7-2/h8-14,16H,6-7H2,1-5H3,(H,25,28)(H,26,30). The lowest BCUT2D eigenvalue weighted by Crippen LogP contribution is -2.48. The van der Waals surface area contributed by atoms with Gasteiger partial charge in [0.15, 0.2) is 0 Å². The lowest BCUT2D eigenvalue weighted by Gasteiger charge is -2.27. The number of imide groups is 1. The largest absolute Gasteiger partial charge is 0.496 e. The van der Waals surface area contributed by atoms with Gasteiger partial charge in [0.05, 0.1) is 13.7 Å². The zero-order chi connectivity index (χ0) is 23.5. The third-order valence-electron chi connectivity index (χ3n) is 5.74. The monoisotopic (exact) mass is 439 g/mol. The number of methoxy groups -OCH3 is 1. The molecule has 8 nitrogen and oxygen atoms in total. The van der Waals surface area contributed by atoms with Crippen molar-refractivity contribution in [3.63, 3.8) is 0 Å². The van der Waals surface area contributed by atoms with Gasteiger partial charge in [-0.3, -0.25) is 9.59 Å². The van der Waals surface area contributed by atoms with Crippen molar-refractivity contribution in [1.29, 1.82) is 0 Å². The summed E-state index contributed by atoms with van der Waals surface area (Å²) < 4.78 is 10.7. The second-order valence-corrected chi connectivity index (χ2v) is 7.67. The molecule has 170 valence electrons. The number of carbonyl (C=O) groups is 3. The smallest absolute Gasteiger partial charge is 0.326 e. The molecule has 1 heterocycles. The summed E-state index contributed by atoms with van der Waals surface area (Å²) in [5.74, 6) is 0.464. The molecule has 0 saturated carbocycles. The molecular weight excluding hydrogens is 410 g/mol. The van der Waals surface area contributed by atoms with Crippen LogP contribution >= 0.6 is 0 Å². The Bertz CT molecular complexity index is 1020. The molecule has 2 unspecified atom stereocenters. The van der Waals surface area contributed by atoms with E-state index in [0.717, 1.165) is 10.5 Å². The summed E-state index contributed by atoms with van der Waals surface area (Å²) in [6, 6.07) is 10.7. The fourth-order valence-corrected chi connectivity index (χ4v) is 3.89. The molecule has 1 fully saturated rings. The van der Waals surface area contributed by atoms with E-state index in [1.807, 2.05) is 26.8 Å². The maximum Gasteiger partial charge on any atom is 0.326 e. The van der Waals surface area contributed by atoms with E-state index in [0.29, 0.717) is 35.8 Å². The van der Waals surface area contributed by atoms with Crippen molar-refractivity contribution in [2.75, 3.05) is 19.0 Å². The van der Waals surface area contributed by atoms with Crippen LogP contribution in [0.15, 0.2) is 42.5 Å². The number of carbonyl (C=O) groups excluding carboxylic acids is 3. The third-order valence-corrected chi connectivity index (χ3v) is 5.74. The van der Waals surface area contributed by atoms with Crippen LogP contribution in [0.5, 0.6) is 11.5 Å². The van der Waals surface area contributed by atoms with E-state index >= 15 is 0 Å². The highest BCUT2D eigenvalue weighted by molar-refractivity contribution is 6.11. The number of ether oxygens (including phenoxy) is 2. The predicted molar refractivity (Wildman–Crippen MR) is 121 cm³/mol. The molecule has 1 aliphatic heterocycles. The van der Waals surface area contributed by atoms with Crippen LogP contribution in [0.2, 0.25) is 0 Å². The van der Waals surface area contributed by atoms with Crippen molar-refractivity contribution >= 4 is 23.5 Å². The van der Waals surface area contributed by atoms with E-state index in [1.54, 1.807) is 43.5 Å². The summed E-state index contributed by atoms with van der Waals surface area (Å²) in [6.07, 6.45) is 0.340. The van der Waals surface area contributed by atoms with Crippen LogP contribution in [0.4, 0.5) is 10.5 Å². The number of hydrogen-bond donors (Lipinski definition) is 2. The maximum absolute atomic E-state index is 13.5. The average Bonchev–Trinajstić information content (AvgIpc) is 3.05. The highest BCUT2D eigenvalue weighted by Gasteiger charge is 2.53. The highest BCUT2D eigenvalue weighted by atomic mass is 16.5. The zero-order valence-corrected chi connectivity index (χ0v) is 19.0. The number of urea groups is 1. The highest BCUT2D eigenvalue weighted by Crippen LogP contribution is 2.35. The Morgan fingerprint density at radius 2 is 1.84 bits per heavy atom. The number of nitrogens with one attached hydrogen (secondary N) is 2. The molecule has 2 aromatic carbocycles. The van der Waals surface area contributed by atoms with Gasteiger partial charge < -0.3 is 20.1 Å². The van der Waals surface area contributed by atoms with Crippen molar-refractivity contribution < 1.29 is 23.9 Å². The first kappa shape index (κ1) is 23.1. The average molecular weight is 440 g/mol. The summed E-state index contributed by atoms with van der Waals surface area (Å²) in [5.41, 5.74) is 0.810. The molecule has 4 amide bonds. The van der Waals surface area contributed by atoms with Gasteiger partial charge in [-0.1, -0.05) is 13.0 Å². The Morgan fingerprint density at radius 1 is 1.16 bits per heavy atom. The normalized spacial score (nSPS) is 18.8. The number of aryl methyl sites for hydroxylation is 1. The Hall–Kier alpha value is -3.55. The first-order valence-electron chi connectivity index (χ1n) is 10.6. The van der Waals surface area contributed by atoms with Crippen LogP contribution in [-0.2, 0) is 15.1 Å². The molecule has 0 radical (unpaired) electrons. The van der Waals surface area contributed by atoms with E-state index in [2.05, 4.69) is 10.6 Å². The quantitative estimate of drug-likeness (QED) is 0.613. The van der Waals surface area contributed by atoms with Crippen molar-refractivity contribution in [2.24, 2.45) is 0 Å². The van der Waals surface area contributed by atoms with Crippen LogP contribution in [0, 0.1) is 6.92 Å². The molecule has 2 aromatic rings. The first-order chi connectivity index (χ1) is 15.3. The Kier molecular flexibility index (Phi) is 6.72. The minimum Gasteiger partial charge on any atom is -0.496 e. The van der Waals surface area contributed by atoms with Gasteiger partial charge in [0.2, 0.25) is 5.91 Å². The van der Waals surface area contributed by atoms with Gasteiger partial charge in [-0.15, -0.1) is 0 Å². The maximum atomic E-state index is 13.5. The van der Waals surface area contributed by atoms with Gasteiger partial charge in [-0.2, -0.15) is 0 Å². The van der Waals surface area contributed by atoms with Crippen LogP contribution in [0.3, 0.4) is 0 Å². The number of nitrogens with zero attached hydrogens (tertiary/aromatic N) is 1. The second kappa shape index (κ2) is 9.30. The van der Waals surface area contributed by atoms with E-state index in [-0.39, 0.29) is 0 Å². The topological polar surface area (TPSA) is 97.0 Å². The van der Waals surface area contributed by atoms with E-state index in [1.165, 1.54) is 6.92 Å². The van der Waals surface area contributed by atoms with Gasteiger partial charge in [-0.05, 0) is 74.7 Å². The summed E-state index contributed by atoms with van der Waals surface area (Å²) in [4.78, 5) is 40.1. The minimum absolute atomic E-state index is 0.340. The van der Waals surface area contributed by atoms with E-state index in [4.69, 9.17) is 9.47 Å². The Morgan fingerprint density at radius 3 is 2.41 bits per heavy atom. The molecule has 1 aliphatic rings. The summed E-state index contributed by atoms with van der Waals surface area (Å²) >= 11 is 0. The minimum atomic E-state index is -1.23. The molecular formula is C24H29N3O5. The second-order valence-electron chi connectivity index (χ2n) is 7.67. The SMILES string of the molecule is CCOc1ccc(NC(=O)C(C)N2C(=O)NC(CC)(c3ccc(OC)c(C)c3)C2=O)cc1. The van der Waals surface area contributed by atoms with Crippen molar-refractivity contribution in [1.82, 2.24) is 10.2 Å². The third kappa shape index (κ3) is 4.12. The van der Waals surface area contributed by atoms with Gasteiger partial charge in [0, 0.05) is 5.69 Å². The van der Waals surface area contributed by atoms with Crippen LogP contribution < -0.4 is 20.1 Å². The summed E-state index contributed by atoms with van der Waals surface area (Å²) in [5, 5.41) is 5.57. The van der Waals surface area contributed by atoms with Crippen LogP contribution in [0.1, 0.15) is 38.3 Å². The predicted octanol–water partition coefficient (Wildman–Crippen LogP) is 3.59. The molecule has 1 saturated heterocycles. The van der Waals surface area contributed by atoms with Gasteiger partial charge in [-0.25, -0.2) is 9.69 Å². The Balaban J connectivity index is 1.82. The number of rotatable bonds is 8. The molecule has 8 heteroatoms. The molecule has 32 heavy (non-hydrogen) atoms. The zero-order valence-electron chi connectivity index (χ0n) is 19.0. The van der Waals surface area contributed by atoms with Crippen LogP contribution in [0.25, 0.3) is 0 Å². The fraction of sp³-hybridized carbons (Fsp3) is 0.375. The van der Waals surface area contributed by atoms with Gasteiger partial charge >= 0.3 is 6.03 Å². The molecule has 2 N–H and O–H groups in total. The lowest BCUT2D eigenvalue weighted by atomic mass is 9.86. The molecule has 2 atom stereocenters. The van der Waals surface area contributed by atoms with Gasteiger partial charge in [0.25, 0.3) is 5.91 Å². The summed E-state index contributed by atoms with van der Waals surface area (Å²) in [6.45, 7) is 7.66. The first-order valence-corrected chi connectivity index (χ1v) is 10.6. The fourth-order valence-electron chi connectivity index (χ4n) is 3.89. The lowest BCUT2D eigenvalue weighted by molar-refractivity contribution is -0.136. The number of anilines is 1. The summed E-state index contributed by atoms with van der Waals surface area (Å²) in [7, 11) is 1.58. The van der Waals surface area contributed by atoms with Crippen LogP contribution in [-0.4, -0.2) is 42.5 Å². The molecule has 3 rings (SSSR count). The number of benzene rings is 2. The molecule has 0 aliphatic carbocycles. The van der Waals surface area contributed by atoms with Crippen molar-refractivity contribution in [3.05, 3.63) is 53.6 Å². The molecule has 0 aromatic heterocycles. The van der Waals surface area contributed by atoms with E-state index in [9.17, 15) is 14.4 Å². The van der Waals surface area contributed by atoms with E-state index < -0.39 is 29.4 Å². The van der Waals surface area contributed by atoms with Crippen molar-refractivity contribution in [2.45, 2.75) is 45.7 Å².